The van der Waals surface area contributed by atoms with Gasteiger partial charge in [0.1, 0.15) is 24.1 Å². The van der Waals surface area contributed by atoms with Crippen LogP contribution in [0.25, 0.3) is 0 Å². The van der Waals surface area contributed by atoms with Crippen molar-refractivity contribution < 1.29 is 32.5 Å². The van der Waals surface area contributed by atoms with Gasteiger partial charge in [0.25, 0.3) is 0 Å². The third kappa shape index (κ3) is 7.30. The molecule has 1 aromatic carbocycles. The first-order valence-electron chi connectivity index (χ1n) is 11.3. The van der Waals surface area contributed by atoms with Gasteiger partial charge in [0.2, 0.25) is 0 Å². The molecule has 2 N–H and O–H groups in total. The van der Waals surface area contributed by atoms with Crippen molar-refractivity contribution in [2.24, 2.45) is 0 Å². The Kier molecular flexibility index (Phi) is 7.93. The van der Waals surface area contributed by atoms with Crippen LogP contribution in [0.4, 0.5) is 4.79 Å². The van der Waals surface area contributed by atoms with Crippen molar-refractivity contribution in [2.45, 2.75) is 68.3 Å². The molecule has 1 unspecified atom stereocenters. The zero-order valence-electron chi connectivity index (χ0n) is 19.9. The molecule has 0 radical (unpaired) electrons. The third-order valence-electron chi connectivity index (χ3n) is 5.86. The predicted octanol–water partition coefficient (Wildman–Crippen LogP) is 1.98. The Balaban J connectivity index is 1.66. The molecule has 2 saturated heterocycles. The summed E-state index contributed by atoms with van der Waals surface area (Å²) in [6.45, 7) is 7.47. The number of carbonyl (C=O) groups excluding carboxylic acids is 1. The summed E-state index contributed by atoms with van der Waals surface area (Å²) in [4.78, 5) is 14.7. The molecule has 0 saturated carbocycles. The quantitative estimate of drug-likeness (QED) is 0.604. The lowest BCUT2D eigenvalue weighted by molar-refractivity contribution is -0.0227. The van der Waals surface area contributed by atoms with Gasteiger partial charge in [-0.25, -0.2) is 13.2 Å². The minimum absolute atomic E-state index is 0.0169. The van der Waals surface area contributed by atoms with Gasteiger partial charge in [0.15, 0.2) is 9.84 Å². The predicted molar refractivity (Wildman–Crippen MR) is 123 cm³/mol. The van der Waals surface area contributed by atoms with Crippen LogP contribution in [0.15, 0.2) is 29.2 Å². The summed E-state index contributed by atoms with van der Waals surface area (Å²) in [5, 5.41) is 14.0. The van der Waals surface area contributed by atoms with Crippen LogP contribution in [0.1, 0.15) is 40.0 Å². The highest BCUT2D eigenvalue weighted by atomic mass is 32.2. The van der Waals surface area contributed by atoms with Gasteiger partial charge in [-0.1, -0.05) is 6.07 Å². The molecule has 2 atom stereocenters. The van der Waals surface area contributed by atoms with Crippen molar-refractivity contribution in [3.63, 3.8) is 0 Å². The van der Waals surface area contributed by atoms with Gasteiger partial charge in [-0.2, -0.15) is 0 Å². The second-order valence-corrected chi connectivity index (χ2v) is 12.0. The first-order valence-corrected chi connectivity index (χ1v) is 13.2. The smallest absolute Gasteiger partial charge is 0.410 e. The van der Waals surface area contributed by atoms with E-state index in [2.05, 4.69) is 5.32 Å². The molecule has 0 aliphatic carbocycles. The van der Waals surface area contributed by atoms with Crippen LogP contribution in [0, 0.1) is 0 Å². The number of benzene rings is 1. The van der Waals surface area contributed by atoms with Crippen LogP contribution >= 0.6 is 0 Å². The second-order valence-electron chi connectivity index (χ2n) is 9.95. The Hall–Kier alpha value is -1.88. The fourth-order valence-electron chi connectivity index (χ4n) is 4.21. The number of carbonyl (C=O) groups is 1. The Morgan fingerprint density at radius 1 is 1.33 bits per heavy atom. The molecule has 0 aromatic heterocycles. The van der Waals surface area contributed by atoms with Crippen LogP contribution < -0.4 is 10.1 Å². The van der Waals surface area contributed by atoms with E-state index in [-0.39, 0.29) is 29.7 Å². The maximum Gasteiger partial charge on any atom is 0.410 e. The second kappa shape index (κ2) is 10.2. The molecule has 2 fully saturated rings. The molecule has 3 rings (SSSR count). The van der Waals surface area contributed by atoms with Gasteiger partial charge < -0.3 is 29.5 Å². The van der Waals surface area contributed by atoms with Gasteiger partial charge >= 0.3 is 6.09 Å². The first-order chi connectivity index (χ1) is 15.4. The summed E-state index contributed by atoms with van der Waals surface area (Å²) < 4.78 is 40.9. The lowest BCUT2D eigenvalue weighted by atomic mass is 9.88. The number of aliphatic hydroxyl groups excluding tert-OH is 1. The Labute approximate surface area is 196 Å². The highest BCUT2D eigenvalue weighted by Gasteiger charge is 2.45. The zero-order valence-corrected chi connectivity index (χ0v) is 20.7. The number of hydrogen-bond donors (Lipinski definition) is 2. The molecule has 10 heteroatoms. The van der Waals surface area contributed by atoms with Gasteiger partial charge in [-0.3, -0.25) is 0 Å². The number of hydrogen-bond acceptors (Lipinski definition) is 8. The molecular formula is C23H36N2O7S. The van der Waals surface area contributed by atoms with E-state index < -0.39 is 27.6 Å². The summed E-state index contributed by atoms with van der Waals surface area (Å²) in [6.07, 6.45) is 2.09. The highest BCUT2D eigenvalue weighted by Crippen LogP contribution is 2.36. The molecule has 1 aromatic rings. The van der Waals surface area contributed by atoms with Crippen molar-refractivity contribution in [2.75, 3.05) is 39.1 Å². The zero-order chi connectivity index (χ0) is 24.3. The molecule has 2 aliphatic heterocycles. The van der Waals surface area contributed by atoms with E-state index in [0.29, 0.717) is 18.8 Å². The number of piperidine rings is 1. The van der Waals surface area contributed by atoms with Gasteiger partial charge in [-0.05, 0) is 71.3 Å². The molecule has 2 aliphatic rings. The lowest BCUT2D eigenvalue weighted by Crippen LogP contribution is -2.49. The Bertz CT molecular complexity index is 923. The van der Waals surface area contributed by atoms with Crippen LogP contribution in [0.5, 0.6) is 5.75 Å². The van der Waals surface area contributed by atoms with E-state index in [1.165, 1.54) is 12.1 Å². The molecule has 9 nitrogen and oxygen atoms in total. The number of rotatable bonds is 7. The SMILES string of the molecule is CC(C)(C)OC(=O)N(C[C@H](O)COc1cccc(S(C)(=O)=O)c1)C1COC2(CCNCC2)C1. The summed E-state index contributed by atoms with van der Waals surface area (Å²) >= 11 is 0. The number of nitrogens with zero attached hydrogens (tertiary/aromatic N) is 1. The average Bonchev–Trinajstić information content (AvgIpc) is 3.12. The first kappa shape index (κ1) is 25.7. The molecule has 33 heavy (non-hydrogen) atoms. The van der Waals surface area contributed by atoms with Crippen molar-refractivity contribution in [3.8, 4) is 5.75 Å². The number of nitrogens with one attached hydrogen (secondary N) is 1. The van der Waals surface area contributed by atoms with Gasteiger partial charge in [-0.15, -0.1) is 0 Å². The third-order valence-corrected chi connectivity index (χ3v) is 6.97. The number of amides is 1. The van der Waals surface area contributed by atoms with Gasteiger partial charge in [0.05, 0.1) is 29.7 Å². The molecule has 2 heterocycles. The van der Waals surface area contributed by atoms with E-state index in [9.17, 15) is 18.3 Å². The van der Waals surface area contributed by atoms with Crippen molar-refractivity contribution in [1.29, 1.82) is 0 Å². The van der Waals surface area contributed by atoms with Crippen LogP contribution in [0.3, 0.4) is 0 Å². The van der Waals surface area contributed by atoms with Gasteiger partial charge in [0, 0.05) is 6.26 Å². The van der Waals surface area contributed by atoms with Crippen LogP contribution in [-0.2, 0) is 19.3 Å². The average molecular weight is 485 g/mol. The van der Waals surface area contributed by atoms with E-state index in [1.54, 1.807) is 37.8 Å². The Morgan fingerprint density at radius 3 is 2.67 bits per heavy atom. The number of sulfone groups is 1. The standard InChI is InChI=1S/C23H36N2O7S/c1-22(2,3)32-21(27)25(17-13-23(31-15-17)8-10-24-11-9-23)14-18(26)16-30-19-6-5-7-20(12-19)33(4,28)29/h5-7,12,17-18,24,26H,8-11,13-16H2,1-4H3/t17?,18-/m0/s1. The fraction of sp³-hybridized carbons (Fsp3) is 0.696. The summed E-state index contributed by atoms with van der Waals surface area (Å²) in [5.41, 5.74) is -0.918. The number of aliphatic hydroxyl groups is 1. The van der Waals surface area contributed by atoms with Crippen molar-refractivity contribution in [1.82, 2.24) is 10.2 Å². The fourth-order valence-corrected chi connectivity index (χ4v) is 4.87. The minimum atomic E-state index is -3.37. The maximum atomic E-state index is 13.0. The van der Waals surface area contributed by atoms with Crippen molar-refractivity contribution in [3.05, 3.63) is 24.3 Å². The highest BCUT2D eigenvalue weighted by molar-refractivity contribution is 7.90. The normalized spacial score (nSPS) is 21.5. The topological polar surface area (TPSA) is 114 Å². The van der Waals surface area contributed by atoms with Crippen LogP contribution in [-0.4, -0.2) is 87.0 Å². The van der Waals surface area contributed by atoms with E-state index in [0.717, 1.165) is 32.2 Å². The molecule has 186 valence electrons. The largest absolute Gasteiger partial charge is 0.491 e. The molecule has 1 amide bonds. The monoisotopic (exact) mass is 484 g/mol. The van der Waals surface area contributed by atoms with E-state index in [1.807, 2.05) is 0 Å². The van der Waals surface area contributed by atoms with E-state index >= 15 is 0 Å². The number of ether oxygens (including phenoxy) is 3. The maximum absolute atomic E-state index is 13.0. The van der Waals surface area contributed by atoms with Crippen LogP contribution in [0.2, 0.25) is 0 Å². The minimum Gasteiger partial charge on any atom is -0.491 e. The molecular weight excluding hydrogens is 448 g/mol. The summed E-state index contributed by atoms with van der Waals surface area (Å²) in [7, 11) is -3.37. The molecule has 1 spiro atoms. The molecule has 0 bridgehead atoms. The van der Waals surface area contributed by atoms with E-state index in [4.69, 9.17) is 14.2 Å². The van der Waals surface area contributed by atoms with Crippen molar-refractivity contribution >= 4 is 15.9 Å². The summed E-state index contributed by atoms with van der Waals surface area (Å²) in [5.74, 6) is 0.332. The Morgan fingerprint density at radius 2 is 2.03 bits per heavy atom. The summed E-state index contributed by atoms with van der Waals surface area (Å²) in [6, 6.07) is 5.90. The lowest BCUT2D eigenvalue weighted by Gasteiger charge is -2.35.